The molecule has 1 aliphatic rings. The quantitative estimate of drug-likeness (QED) is 0.875. The van der Waals surface area contributed by atoms with E-state index in [1.807, 2.05) is 0 Å². The molecule has 2 rings (SSSR count). The topological polar surface area (TPSA) is 49.3 Å². The monoisotopic (exact) mass is 297 g/mol. The van der Waals surface area contributed by atoms with E-state index in [1.165, 1.54) is 19.1 Å². The van der Waals surface area contributed by atoms with Gasteiger partial charge >= 0.3 is 5.97 Å². The molecule has 1 fully saturated rings. The van der Waals surface area contributed by atoms with Gasteiger partial charge in [-0.3, -0.25) is 4.79 Å². The van der Waals surface area contributed by atoms with Crippen LogP contribution < -0.4 is 5.32 Å². The molecule has 0 aromatic heterocycles. The second kappa shape index (κ2) is 6.52. The minimum atomic E-state index is -0.764. The van der Waals surface area contributed by atoms with Crippen LogP contribution in [-0.4, -0.2) is 17.6 Å². The lowest BCUT2D eigenvalue weighted by Gasteiger charge is -2.21. The van der Waals surface area contributed by atoms with Crippen LogP contribution in [-0.2, 0) is 4.79 Å². The molecule has 1 aliphatic carbocycles. The van der Waals surface area contributed by atoms with E-state index in [-0.39, 0.29) is 29.0 Å². The van der Waals surface area contributed by atoms with E-state index in [1.54, 1.807) is 6.92 Å². The van der Waals surface area contributed by atoms with Gasteiger partial charge in [0.05, 0.1) is 5.92 Å². The van der Waals surface area contributed by atoms with Crippen molar-refractivity contribution in [3.05, 3.63) is 34.9 Å². The van der Waals surface area contributed by atoms with E-state index in [4.69, 9.17) is 5.11 Å². The van der Waals surface area contributed by atoms with Crippen molar-refractivity contribution in [1.29, 1.82) is 0 Å². The van der Waals surface area contributed by atoms with Crippen LogP contribution in [0.2, 0.25) is 0 Å². The van der Waals surface area contributed by atoms with E-state index in [0.29, 0.717) is 13.0 Å². The fourth-order valence-corrected chi connectivity index (χ4v) is 3.04. The molecule has 116 valence electrons. The molecule has 21 heavy (non-hydrogen) atoms. The van der Waals surface area contributed by atoms with Crippen molar-refractivity contribution in [2.45, 2.75) is 39.2 Å². The van der Waals surface area contributed by atoms with Gasteiger partial charge in [-0.15, -0.1) is 0 Å². The summed E-state index contributed by atoms with van der Waals surface area (Å²) in [7, 11) is 0. The predicted octanol–water partition coefficient (Wildman–Crippen LogP) is 3.42. The maximum absolute atomic E-state index is 13.9. The number of hydrogen-bond acceptors (Lipinski definition) is 2. The summed E-state index contributed by atoms with van der Waals surface area (Å²) >= 11 is 0. The lowest BCUT2D eigenvalue weighted by Crippen LogP contribution is -2.31. The number of carboxylic acids is 1. The van der Waals surface area contributed by atoms with E-state index < -0.39 is 17.6 Å². The van der Waals surface area contributed by atoms with Gasteiger partial charge in [0.15, 0.2) is 0 Å². The summed E-state index contributed by atoms with van der Waals surface area (Å²) in [4.78, 5) is 11.1. The third kappa shape index (κ3) is 3.59. The van der Waals surface area contributed by atoms with Crippen LogP contribution in [0.5, 0.6) is 0 Å². The molecule has 1 aromatic rings. The van der Waals surface area contributed by atoms with Gasteiger partial charge in [0.25, 0.3) is 0 Å². The van der Waals surface area contributed by atoms with Gasteiger partial charge < -0.3 is 10.4 Å². The fraction of sp³-hybridized carbons (Fsp3) is 0.562. The fourth-order valence-electron chi connectivity index (χ4n) is 3.04. The minimum absolute atomic E-state index is 0.0586. The second-order valence-corrected chi connectivity index (χ2v) is 5.89. The summed E-state index contributed by atoms with van der Waals surface area (Å²) in [6, 6.07) is 2.06. The molecule has 1 aromatic carbocycles. The lowest BCUT2D eigenvalue weighted by molar-refractivity contribution is -0.142. The van der Waals surface area contributed by atoms with Crippen LogP contribution in [0.1, 0.15) is 43.4 Å². The highest BCUT2D eigenvalue weighted by Crippen LogP contribution is 2.32. The first-order chi connectivity index (χ1) is 9.90. The van der Waals surface area contributed by atoms with Crippen molar-refractivity contribution in [2.24, 2.45) is 11.8 Å². The van der Waals surface area contributed by atoms with Crippen molar-refractivity contribution in [3.63, 3.8) is 0 Å². The van der Waals surface area contributed by atoms with Crippen LogP contribution in [0, 0.1) is 30.4 Å². The Balaban J connectivity index is 2.00. The Hall–Kier alpha value is -1.49. The largest absolute Gasteiger partial charge is 0.481 e. The maximum Gasteiger partial charge on any atom is 0.306 e. The molecule has 0 spiro atoms. The highest BCUT2D eigenvalue weighted by molar-refractivity contribution is 5.70. The highest BCUT2D eigenvalue weighted by atomic mass is 19.1. The number of carbonyl (C=O) groups is 1. The third-order valence-corrected chi connectivity index (χ3v) is 4.41. The van der Waals surface area contributed by atoms with Crippen LogP contribution in [0.25, 0.3) is 0 Å². The van der Waals surface area contributed by atoms with Crippen LogP contribution in [0.3, 0.4) is 0 Å². The minimum Gasteiger partial charge on any atom is -0.481 e. The summed E-state index contributed by atoms with van der Waals surface area (Å²) in [5, 5.41) is 12.3. The highest BCUT2D eigenvalue weighted by Gasteiger charge is 2.32. The van der Waals surface area contributed by atoms with Gasteiger partial charge in [-0.1, -0.05) is 6.42 Å². The number of benzene rings is 1. The van der Waals surface area contributed by atoms with Gasteiger partial charge in [-0.05, 0) is 56.8 Å². The van der Waals surface area contributed by atoms with Crippen LogP contribution >= 0.6 is 0 Å². The van der Waals surface area contributed by atoms with E-state index >= 15 is 0 Å². The number of hydrogen-bond donors (Lipinski definition) is 2. The first-order valence-corrected chi connectivity index (χ1v) is 7.32. The molecule has 3 unspecified atom stereocenters. The number of halogens is 2. The zero-order valence-electron chi connectivity index (χ0n) is 12.3. The third-order valence-electron chi connectivity index (χ3n) is 4.41. The number of aliphatic carboxylic acids is 1. The summed E-state index contributed by atoms with van der Waals surface area (Å²) in [6.07, 6.45) is 2.47. The zero-order chi connectivity index (χ0) is 15.6. The molecule has 0 radical (unpaired) electrons. The summed E-state index contributed by atoms with van der Waals surface area (Å²) < 4.78 is 27.4. The Morgan fingerprint density at radius 1 is 1.38 bits per heavy atom. The number of aryl methyl sites for hydroxylation is 1. The molecular weight excluding hydrogens is 276 g/mol. The van der Waals surface area contributed by atoms with Crippen LogP contribution in [0.4, 0.5) is 8.78 Å². The average Bonchev–Trinajstić information content (AvgIpc) is 2.88. The number of nitrogens with one attached hydrogen (secondary N) is 1. The van der Waals surface area contributed by atoms with Crippen molar-refractivity contribution in [2.75, 3.05) is 6.54 Å². The molecule has 0 saturated heterocycles. The van der Waals surface area contributed by atoms with E-state index in [2.05, 4.69) is 5.32 Å². The summed E-state index contributed by atoms with van der Waals surface area (Å²) in [5.41, 5.74) is 0.563. The normalized spacial score (nSPS) is 23.2. The van der Waals surface area contributed by atoms with Gasteiger partial charge in [0.1, 0.15) is 11.6 Å². The average molecular weight is 297 g/mol. The van der Waals surface area contributed by atoms with Crippen molar-refractivity contribution in [3.8, 4) is 0 Å². The standard InChI is InChI=1S/C16H21F2NO2/c1-9-6-15(18)13(7-14(9)17)10(2)19-8-11-4-3-5-12(11)16(20)21/h6-7,10-12,19H,3-5,8H2,1-2H3,(H,20,21). The van der Waals surface area contributed by atoms with E-state index in [0.717, 1.165) is 12.8 Å². The maximum atomic E-state index is 13.9. The summed E-state index contributed by atoms with van der Waals surface area (Å²) in [6.45, 7) is 3.79. The van der Waals surface area contributed by atoms with Gasteiger partial charge in [-0.2, -0.15) is 0 Å². The number of carboxylic acid groups (broad SMARTS) is 1. The smallest absolute Gasteiger partial charge is 0.306 e. The Kier molecular flexibility index (Phi) is 4.93. The molecule has 3 nitrogen and oxygen atoms in total. The van der Waals surface area contributed by atoms with Gasteiger partial charge in [0.2, 0.25) is 0 Å². The molecule has 1 saturated carbocycles. The molecule has 0 heterocycles. The number of rotatable bonds is 5. The SMILES string of the molecule is Cc1cc(F)c(C(C)NCC2CCCC2C(=O)O)cc1F. The Morgan fingerprint density at radius 2 is 2.10 bits per heavy atom. The Bertz CT molecular complexity index is 533. The molecule has 0 amide bonds. The predicted molar refractivity (Wildman–Crippen MR) is 76.0 cm³/mol. The second-order valence-electron chi connectivity index (χ2n) is 5.89. The lowest BCUT2D eigenvalue weighted by atomic mass is 9.95. The molecule has 0 bridgehead atoms. The van der Waals surface area contributed by atoms with E-state index in [9.17, 15) is 13.6 Å². The molecule has 0 aliphatic heterocycles. The first kappa shape index (κ1) is 15.9. The van der Waals surface area contributed by atoms with Crippen LogP contribution in [0.15, 0.2) is 12.1 Å². The Labute approximate surface area is 123 Å². The van der Waals surface area contributed by atoms with Crippen molar-refractivity contribution in [1.82, 2.24) is 5.32 Å². The molecular formula is C16H21F2NO2. The van der Waals surface area contributed by atoms with Crippen molar-refractivity contribution < 1.29 is 18.7 Å². The Morgan fingerprint density at radius 3 is 2.76 bits per heavy atom. The van der Waals surface area contributed by atoms with Gasteiger partial charge in [-0.25, -0.2) is 8.78 Å². The molecule has 5 heteroatoms. The molecule has 2 N–H and O–H groups in total. The first-order valence-electron chi connectivity index (χ1n) is 7.32. The molecule has 3 atom stereocenters. The zero-order valence-corrected chi connectivity index (χ0v) is 12.3. The van der Waals surface area contributed by atoms with Crippen molar-refractivity contribution >= 4 is 5.97 Å². The summed E-state index contributed by atoms with van der Waals surface area (Å²) in [5.74, 6) is -1.90. The van der Waals surface area contributed by atoms with Gasteiger partial charge in [0, 0.05) is 11.6 Å².